The quantitative estimate of drug-likeness (QED) is 0.840. The molecular formula is C15H16N2O3S2. The molecule has 0 saturated heterocycles. The summed E-state index contributed by atoms with van der Waals surface area (Å²) in [6.45, 7) is 2.03. The van der Waals surface area contributed by atoms with Crippen LogP contribution in [-0.4, -0.2) is 25.6 Å². The van der Waals surface area contributed by atoms with Gasteiger partial charge < -0.3 is 10.3 Å². The van der Waals surface area contributed by atoms with Crippen LogP contribution in [0.3, 0.4) is 0 Å². The van der Waals surface area contributed by atoms with Gasteiger partial charge in [-0.25, -0.2) is 8.42 Å². The average Bonchev–Trinajstić information content (AvgIpc) is 2.44. The minimum Gasteiger partial charge on any atom is -0.352 e. The molecule has 0 unspecified atom stereocenters. The number of aromatic amines is 1. The lowest BCUT2D eigenvalue weighted by molar-refractivity contribution is 0.0950. The molecule has 1 heterocycles. The number of amides is 1. The fourth-order valence-corrected chi connectivity index (χ4v) is 3.30. The molecule has 0 bridgehead atoms. The molecule has 1 amide bonds. The van der Waals surface area contributed by atoms with Gasteiger partial charge in [-0.05, 0) is 36.2 Å². The van der Waals surface area contributed by atoms with E-state index in [4.69, 9.17) is 12.2 Å². The number of aromatic nitrogens is 1. The Labute approximate surface area is 134 Å². The van der Waals surface area contributed by atoms with Crippen molar-refractivity contribution in [1.82, 2.24) is 10.3 Å². The van der Waals surface area contributed by atoms with Gasteiger partial charge in [0.25, 0.3) is 5.91 Å². The van der Waals surface area contributed by atoms with Crippen molar-refractivity contribution < 1.29 is 13.2 Å². The third-order valence-corrected chi connectivity index (χ3v) is 4.75. The first-order valence-corrected chi connectivity index (χ1v) is 8.84. The minimum atomic E-state index is -3.24. The minimum absolute atomic E-state index is 0.272. The molecule has 22 heavy (non-hydrogen) atoms. The average molecular weight is 336 g/mol. The van der Waals surface area contributed by atoms with E-state index < -0.39 is 9.84 Å². The zero-order valence-electron chi connectivity index (χ0n) is 12.2. The zero-order valence-corrected chi connectivity index (χ0v) is 13.8. The predicted octanol–water partition coefficient (Wildman–Crippen LogP) is 2.39. The topological polar surface area (TPSA) is 79.0 Å². The van der Waals surface area contributed by atoms with Gasteiger partial charge in [0.1, 0.15) is 4.64 Å². The Balaban J connectivity index is 2.13. The van der Waals surface area contributed by atoms with Gasteiger partial charge in [-0.1, -0.05) is 24.4 Å². The molecule has 5 nitrogen and oxygen atoms in total. The standard InChI is InChI=1S/C15H16N2O3S2/c1-10-8-11(5-6-13(10)22(2,19)20)9-17-14(18)12-4-3-7-16-15(12)21/h3-8H,9H2,1-2H3,(H,16,21)(H,17,18). The van der Waals surface area contributed by atoms with Gasteiger partial charge in [0.15, 0.2) is 9.84 Å². The van der Waals surface area contributed by atoms with Crippen molar-refractivity contribution in [2.24, 2.45) is 0 Å². The van der Waals surface area contributed by atoms with E-state index in [0.717, 1.165) is 5.56 Å². The molecule has 0 aliphatic heterocycles. The molecule has 0 aliphatic carbocycles. The number of carbonyl (C=O) groups excluding carboxylic acids is 1. The Morgan fingerprint density at radius 3 is 2.64 bits per heavy atom. The Morgan fingerprint density at radius 2 is 2.05 bits per heavy atom. The number of benzene rings is 1. The number of sulfone groups is 1. The molecule has 116 valence electrons. The number of rotatable bonds is 4. The third kappa shape index (κ3) is 3.80. The molecule has 1 aromatic carbocycles. The predicted molar refractivity (Wildman–Crippen MR) is 87.1 cm³/mol. The normalized spacial score (nSPS) is 11.2. The van der Waals surface area contributed by atoms with E-state index in [-0.39, 0.29) is 5.91 Å². The highest BCUT2D eigenvalue weighted by Crippen LogP contribution is 2.16. The van der Waals surface area contributed by atoms with Crippen molar-refractivity contribution in [3.8, 4) is 0 Å². The zero-order chi connectivity index (χ0) is 16.3. The molecular weight excluding hydrogens is 320 g/mol. The van der Waals surface area contributed by atoms with Crippen LogP contribution in [0, 0.1) is 11.6 Å². The number of pyridine rings is 1. The monoisotopic (exact) mass is 336 g/mol. The summed E-state index contributed by atoms with van der Waals surface area (Å²) in [7, 11) is -3.24. The van der Waals surface area contributed by atoms with Crippen LogP contribution in [0.2, 0.25) is 0 Å². The molecule has 1 aromatic heterocycles. The smallest absolute Gasteiger partial charge is 0.254 e. The Morgan fingerprint density at radius 1 is 1.32 bits per heavy atom. The van der Waals surface area contributed by atoms with E-state index in [9.17, 15) is 13.2 Å². The van der Waals surface area contributed by atoms with Crippen LogP contribution < -0.4 is 5.32 Å². The van der Waals surface area contributed by atoms with Gasteiger partial charge in [-0.15, -0.1) is 0 Å². The summed E-state index contributed by atoms with van der Waals surface area (Å²) in [6, 6.07) is 8.35. The number of nitrogens with one attached hydrogen (secondary N) is 2. The summed E-state index contributed by atoms with van der Waals surface area (Å²) >= 11 is 5.05. The molecule has 0 atom stereocenters. The van der Waals surface area contributed by atoms with Crippen LogP contribution >= 0.6 is 12.2 Å². The van der Waals surface area contributed by atoms with E-state index >= 15 is 0 Å². The fourth-order valence-electron chi connectivity index (χ4n) is 2.12. The number of aryl methyl sites for hydroxylation is 1. The van der Waals surface area contributed by atoms with E-state index in [2.05, 4.69) is 10.3 Å². The Bertz CT molecular complexity index is 870. The third-order valence-electron chi connectivity index (χ3n) is 3.15. The van der Waals surface area contributed by atoms with E-state index in [1.165, 1.54) is 6.26 Å². The number of hydrogen-bond donors (Lipinski definition) is 2. The lowest BCUT2D eigenvalue weighted by atomic mass is 10.1. The molecule has 2 N–H and O–H groups in total. The molecule has 0 saturated carbocycles. The highest BCUT2D eigenvalue weighted by Gasteiger charge is 2.12. The summed E-state index contributed by atoms with van der Waals surface area (Å²) in [5, 5.41) is 2.77. The van der Waals surface area contributed by atoms with Gasteiger partial charge in [-0.3, -0.25) is 4.79 Å². The SMILES string of the molecule is Cc1cc(CNC(=O)c2ccc[nH]c2=S)ccc1S(C)(=O)=O. The molecule has 0 spiro atoms. The van der Waals surface area contributed by atoms with Crippen molar-refractivity contribution in [2.75, 3.05) is 6.26 Å². The van der Waals surface area contributed by atoms with Crippen molar-refractivity contribution in [1.29, 1.82) is 0 Å². The van der Waals surface area contributed by atoms with E-state index in [1.54, 1.807) is 43.5 Å². The van der Waals surface area contributed by atoms with Crippen LogP contribution in [0.15, 0.2) is 41.4 Å². The second-order valence-electron chi connectivity index (χ2n) is 4.97. The van der Waals surface area contributed by atoms with Crippen LogP contribution in [0.4, 0.5) is 0 Å². The number of hydrogen-bond acceptors (Lipinski definition) is 4. The van der Waals surface area contributed by atoms with Crippen LogP contribution in [0.5, 0.6) is 0 Å². The maximum atomic E-state index is 12.1. The van der Waals surface area contributed by atoms with Gasteiger partial charge in [-0.2, -0.15) is 0 Å². The number of H-pyrrole nitrogens is 1. The lowest BCUT2D eigenvalue weighted by Crippen LogP contribution is -2.23. The summed E-state index contributed by atoms with van der Waals surface area (Å²) in [6.07, 6.45) is 2.83. The second kappa shape index (κ2) is 6.41. The van der Waals surface area contributed by atoms with Crippen LogP contribution in [-0.2, 0) is 16.4 Å². The molecule has 0 radical (unpaired) electrons. The summed E-state index contributed by atoms with van der Waals surface area (Å²) < 4.78 is 23.5. The van der Waals surface area contributed by atoms with Crippen molar-refractivity contribution >= 4 is 28.0 Å². The van der Waals surface area contributed by atoms with Gasteiger partial charge in [0.2, 0.25) is 0 Å². The number of carbonyl (C=O) groups is 1. The van der Waals surface area contributed by atoms with Gasteiger partial charge >= 0.3 is 0 Å². The van der Waals surface area contributed by atoms with Crippen LogP contribution in [0.25, 0.3) is 0 Å². The van der Waals surface area contributed by atoms with Crippen molar-refractivity contribution in [2.45, 2.75) is 18.4 Å². The molecule has 0 fully saturated rings. The lowest BCUT2D eigenvalue weighted by Gasteiger charge is -2.09. The highest BCUT2D eigenvalue weighted by molar-refractivity contribution is 7.90. The highest BCUT2D eigenvalue weighted by atomic mass is 32.2. The largest absolute Gasteiger partial charge is 0.352 e. The summed E-state index contributed by atoms with van der Waals surface area (Å²) in [5.41, 5.74) is 1.89. The summed E-state index contributed by atoms with van der Waals surface area (Å²) in [5.74, 6) is -0.272. The molecule has 2 aromatic rings. The first-order chi connectivity index (χ1) is 10.3. The molecule has 2 rings (SSSR count). The fraction of sp³-hybridized carbons (Fsp3) is 0.200. The molecule has 0 aliphatic rings. The first kappa shape index (κ1) is 16.4. The Hall–Kier alpha value is -1.99. The molecule has 7 heteroatoms. The summed E-state index contributed by atoms with van der Waals surface area (Å²) in [4.78, 5) is 15.2. The van der Waals surface area contributed by atoms with E-state index in [1.807, 2.05) is 0 Å². The van der Waals surface area contributed by atoms with Gasteiger partial charge in [0.05, 0.1) is 10.5 Å². The second-order valence-corrected chi connectivity index (χ2v) is 7.36. The van der Waals surface area contributed by atoms with Crippen molar-refractivity contribution in [3.05, 3.63) is 57.9 Å². The van der Waals surface area contributed by atoms with E-state index in [0.29, 0.717) is 27.2 Å². The maximum Gasteiger partial charge on any atom is 0.254 e. The first-order valence-electron chi connectivity index (χ1n) is 6.54. The van der Waals surface area contributed by atoms with Crippen molar-refractivity contribution in [3.63, 3.8) is 0 Å². The van der Waals surface area contributed by atoms with Gasteiger partial charge in [0, 0.05) is 19.0 Å². The Kier molecular flexibility index (Phi) is 4.77. The maximum absolute atomic E-state index is 12.1. The van der Waals surface area contributed by atoms with Crippen LogP contribution in [0.1, 0.15) is 21.5 Å².